The second kappa shape index (κ2) is 4.79. The van der Waals surface area contributed by atoms with Crippen molar-refractivity contribution in [1.29, 1.82) is 0 Å². The molecule has 0 spiro atoms. The Morgan fingerprint density at radius 3 is 2.83 bits per heavy atom. The molecular formula is C12H14N4O2. The van der Waals surface area contributed by atoms with Gasteiger partial charge in [0.1, 0.15) is 0 Å². The van der Waals surface area contributed by atoms with E-state index in [2.05, 4.69) is 10.4 Å². The third kappa shape index (κ3) is 2.42. The van der Waals surface area contributed by atoms with Crippen LogP contribution in [0.2, 0.25) is 0 Å². The van der Waals surface area contributed by atoms with Crippen molar-refractivity contribution < 1.29 is 9.90 Å². The largest absolute Gasteiger partial charge is 0.478 e. The van der Waals surface area contributed by atoms with Crippen molar-refractivity contribution in [3.8, 4) is 0 Å². The zero-order chi connectivity index (χ0) is 13.1. The third-order valence-electron chi connectivity index (χ3n) is 2.68. The van der Waals surface area contributed by atoms with Crippen LogP contribution in [0.4, 0.5) is 11.4 Å². The summed E-state index contributed by atoms with van der Waals surface area (Å²) >= 11 is 0. The minimum Gasteiger partial charge on any atom is -0.478 e. The molecule has 0 bridgehead atoms. The molecule has 0 fully saturated rings. The first-order chi connectivity index (χ1) is 8.58. The highest BCUT2D eigenvalue weighted by Crippen LogP contribution is 2.18. The molecule has 0 aliphatic heterocycles. The van der Waals surface area contributed by atoms with Gasteiger partial charge in [-0.2, -0.15) is 5.10 Å². The van der Waals surface area contributed by atoms with Crippen molar-refractivity contribution in [3.05, 3.63) is 41.7 Å². The number of benzene rings is 1. The van der Waals surface area contributed by atoms with Gasteiger partial charge in [-0.25, -0.2) is 4.79 Å². The number of aromatic nitrogens is 2. The summed E-state index contributed by atoms with van der Waals surface area (Å²) in [4.78, 5) is 10.8. The first-order valence-electron chi connectivity index (χ1n) is 5.41. The number of nitrogens with two attached hydrogens (primary N) is 1. The Hall–Kier alpha value is -2.50. The number of hydrogen-bond donors (Lipinski definition) is 3. The quantitative estimate of drug-likeness (QED) is 0.707. The Balaban J connectivity index is 2.09. The molecule has 0 aliphatic rings. The molecule has 0 unspecified atom stereocenters. The summed E-state index contributed by atoms with van der Waals surface area (Å²) in [5.74, 6) is -1.02. The van der Waals surface area contributed by atoms with Crippen molar-refractivity contribution in [3.63, 3.8) is 0 Å². The molecule has 0 radical (unpaired) electrons. The number of nitrogen functional groups attached to an aromatic ring is 1. The molecular weight excluding hydrogens is 232 g/mol. The number of nitrogens with one attached hydrogen (secondary N) is 1. The van der Waals surface area contributed by atoms with Gasteiger partial charge in [0.2, 0.25) is 0 Å². The number of nitrogens with zero attached hydrogens (tertiary/aromatic N) is 2. The molecule has 0 aliphatic carbocycles. The maximum Gasteiger partial charge on any atom is 0.337 e. The lowest BCUT2D eigenvalue weighted by molar-refractivity contribution is 0.0698. The molecule has 18 heavy (non-hydrogen) atoms. The van der Waals surface area contributed by atoms with E-state index in [1.54, 1.807) is 23.0 Å². The Morgan fingerprint density at radius 1 is 1.50 bits per heavy atom. The van der Waals surface area contributed by atoms with Crippen molar-refractivity contribution in [2.45, 2.75) is 6.54 Å². The topological polar surface area (TPSA) is 93.2 Å². The smallest absolute Gasteiger partial charge is 0.337 e. The molecule has 1 aromatic heterocycles. The van der Waals surface area contributed by atoms with Gasteiger partial charge in [0.05, 0.1) is 17.8 Å². The lowest BCUT2D eigenvalue weighted by Crippen LogP contribution is -2.07. The molecule has 0 amide bonds. The molecule has 6 nitrogen and oxygen atoms in total. The van der Waals surface area contributed by atoms with Crippen molar-refractivity contribution in [2.24, 2.45) is 7.05 Å². The number of rotatable bonds is 4. The van der Waals surface area contributed by atoms with Crippen LogP contribution in [0.3, 0.4) is 0 Å². The van der Waals surface area contributed by atoms with Crippen LogP contribution in [0.25, 0.3) is 0 Å². The highest BCUT2D eigenvalue weighted by Gasteiger charge is 2.08. The lowest BCUT2D eigenvalue weighted by Gasteiger charge is -2.08. The van der Waals surface area contributed by atoms with Crippen LogP contribution in [0.5, 0.6) is 0 Å². The fourth-order valence-electron chi connectivity index (χ4n) is 1.63. The highest BCUT2D eigenvalue weighted by molar-refractivity contribution is 5.94. The standard InChI is InChI=1S/C12H14N4O2/c1-16-9(4-5-15-16)7-14-8-2-3-10(12(17)18)11(13)6-8/h2-6,14H,7,13H2,1H3,(H,17,18). The van der Waals surface area contributed by atoms with E-state index in [4.69, 9.17) is 10.8 Å². The summed E-state index contributed by atoms with van der Waals surface area (Å²) in [6, 6.07) is 6.70. The van der Waals surface area contributed by atoms with Crippen LogP contribution in [-0.4, -0.2) is 20.9 Å². The third-order valence-corrected chi connectivity index (χ3v) is 2.68. The average Bonchev–Trinajstić information content (AvgIpc) is 2.72. The van der Waals surface area contributed by atoms with Gasteiger partial charge in [0, 0.05) is 24.6 Å². The maximum atomic E-state index is 10.8. The summed E-state index contributed by atoms with van der Waals surface area (Å²) in [7, 11) is 1.86. The molecule has 0 saturated heterocycles. The summed E-state index contributed by atoms with van der Waals surface area (Å²) < 4.78 is 1.77. The van der Waals surface area contributed by atoms with Gasteiger partial charge < -0.3 is 16.2 Å². The molecule has 2 rings (SSSR count). The van der Waals surface area contributed by atoms with Crippen molar-refractivity contribution in [2.75, 3.05) is 11.1 Å². The van der Waals surface area contributed by atoms with Crippen LogP contribution in [0, 0.1) is 0 Å². The number of carboxylic acids is 1. The van der Waals surface area contributed by atoms with Crippen LogP contribution in [-0.2, 0) is 13.6 Å². The first kappa shape index (κ1) is 12.0. The van der Waals surface area contributed by atoms with E-state index in [0.29, 0.717) is 6.54 Å². The summed E-state index contributed by atoms with van der Waals surface area (Å²) in [6.45, 7) is 0.600. The lowest BCUT2D eigenvalue weighted by atomic mass is 10.1. The van der Waals surface area contributed by atoms with E-state index in [1.165, 1.54) is 6.07 Å². The van der Waals surface area contributed by atoms with Crippen molar-refractivity contribution >= 4 is 17.3 Å². The second-order valence-corrected chi connectivity index (χ2v) is 3.91. The normalized spacial score (nSPS) is 10.3. The number of aryl methyl sites for hydroxylation is 1. The Kier molecular flexibility index (Phi) is 3.18. The van der Waals surface area contributed by atoms with Gasteiger partial charge in [-0.3, -0.25) is 4.68 Å². The number of carboxylic acid groups (broad SMARTS) is 1. The minimum atomic E-state index is -1.02. The maximum absolute atomic E-state index is 10.8. The van der Waals surface area contributed by atoms with Crippen LogP contribution < -0.4 is 11.1 Å². The fourth-order valence-corrected chi connectivity index (χ4v) is 1.63. The van der Waals surface area contributed by atoms with E-state index in [9.17, 15) is 4.79 Å². The molecule has 2 aromatic rings. The Bertz CT molecular complexity index is 577. The molecule has 0 saturated carbocycles. The van der Waals surface area contributed by atoms with E-state index in [0.717, 1.165) is 11.4 Å². The first-order valence-corrected chi connectivity index (χ1v) is 5.41. The number of carbonyl (C=O) groups is 1. The zero-order valence-electron chi connectivity index (χ0n) is 9.92. The Morgan fingerprint density at radius 2 is 2.28 bits per heavy atom. The predicted molar refractivity (Wildman–Crippen MR) is 68.3 cm³/mol. The summed E-state index contributed by atoms with van der Waals surface area (Å²) in [6.07, 6.45) is 1.72. The van der Waals surface area contributed by atoms with Gasteiger partial charge >= 0.3 is 5.97 Å². The summed E-state index contributed by atoms with van der Waals surface area (Å²) in [5, 5.41) is 16.1. The summed E-state index contributed by atoms with van der Waals surface area (Å²) in [5.41, 5.74) is 7.82. The SMILES string of the molecule is Cn1nccc1CNc1ccc(C(=O)O)c(N)c1. The fraction of sp³-hybridized carbons (Fsp3) is 0.167. The average molecular weight is 246 g/mol. The zero-order valence-corrected chi connectivity index (χ0v) is 9.92. The highest BCUT2D eigenvalue weighted by atomic mass is 16.4. The van der Waals surface area contributed by atoms with Crippen LogP contribution >= 0.6 is 0 Å². The van der Waals surface area contributed by atoms with Gasteiger partial charge in [-0.05, 0) is 24.3 Å². The van der Waals surface area contributed by atoms with Crippen LogP contribution in [0.15, 0.2) is 30.5 Å². The van der Waals surface area contributed by atoms with Crippen LogP contribution in [0.1, 0.15) is 16.1 Å². The number of aromatic carboxylic acids is 1. The van der Waals surface area contributed by atoms with E-state index in [-0.39, 0.29) is 11.3 Å². The molecule has 6 heteroatoms. The Labute approximate surface area is 104 Å². The second-order valence-electron chi connectivity index (χ2n) is 3.91. The van der Waals surface area contributed by atoms with Gasteiger partial charge in [-0.1, -0.05) is 0 Å². The number of hydrogen-bond acceptors (Lipinski definition) is 4. The molecule has 94 valence electrons. The molecule has 0 atom stereocenters. The van der Waals surface area contributed by atoms with Gasteiger partial charge in [0.15, 0.2) is 0 Å². The predicted octanol–water partition coefficient (Wildman–Crippen LogP) is 1.31. The van der Waals surface area contributed by atoms with Gasteiger partial charge in [-0.15, -0.1) is 0 Å². The molecule has 4 N–H and O–H groups in total. The minimum absolute atomic E-state index is 0.112. The molecule has 1 heterocycles. The van der Waals surface area contributed by atoms with E-state index >= 15 is 0 Å². The van der Waals surface area contributed by atoms with Crippen molar-refractivity contribution in [1.82, 2.24) is 9.78 Å². The van der Waals surface area contributed by atoms with E-state index in [1.807, 2.05) is 13.1 Å². The molecule has 1 aromatic carbocycles. The van der Waals surface area contributed by atoms with Gasteiger partial charge in [0.25, 0.3) is 0 Å². The van der Waals surface area contributed by atoms with E-state index < -0.39 is 5.97 Å². The number of anilines is 2. The monoisotopic (exact) mass is 246 g/mol.